The summed E-state index contributed by atoms with van der Waals surface area (Å²) in [6, 6.07) is 11.8. The molecule has 2 aromatic heterocycles. The second-order valence-corrected chi connectivity index (χ2v) is 9.36. The third-order valence-corrected chi connectivity index (χ3v) is 7.09. The lowest BCUT2D eigenvalue weighted by Crippen LogP contribution is -2.41. The first-order valence-electron chi connectivity index (χ1n) is 11.8. The van der Waals surface area contributed by atoms with Crippen LogP contribution < -0.4 is 15.6 Å². The predicted molar refractivity (Wildman–Crippen MR) is 134 cm³/mol. The fourth-order valence-corrected chi connectivity index (χ4v) is 5.12. The number of amides is 3. The number of fused-ring (bicyclic) bond motifs is 1. The number of hydrogen-bond acceptors (Lipinski definition) is 9. The minimum atomic E-state index is -0.498. The standard InChI is InChI=1S/C25H24N6O5S/c1-2-35-18-5-3-4-16(12-18)22(32)27-28-23(33)21-14-37-24(26-21)15-8-10-31(11-9-15)25(34)17-6-7-19-20(13-17)30-36-29-19/h3-7,12-15H,2,8-11H2,1H3,(H,27,32)(H,28,33). The summed E-state index contributed by atoms with van der Waals surface area (Å²) < 4.78 is 10.1. The van der Waals surface area contributed by atoms with Crippen molar-refractivity contribution in [1.82, 2.24) is 31.0 Å². The number of aromatic nitrogens is 3. The zero-order valence-electron chi connectivity index (χ0n) is 20.0. The average molecular weight is 521 g/mol. The number of hydrogen-bond donors (Lipinski definition) is 2. The third kappa shape index (κ3) is 5.43. The molecule has 11 nitrogen and oxygen atoms in total. The zero-order chi connectivity index (χ0) is 25.8. The van der Waals surface area contributed by atoms with Crippen molar-refractivity contribution < 1.29 is 23.7 Å². The largest absolute Gasteiger partial charge is 0.494 e. The molecule has 1 fully saturated rings. The number of nitrogens with one attached hydrogen (secondary N) is 2. The number of thiazole rings is 1. The monoisotopic (exact) mass is 520 g/mol. The highest BCUT2D eigenvalue weighted by atomic mass is 32.1. The molecule has 0 aliphatic carbocycles. The van der Waals surface area contributed by atoms with E-state index in [-0.39, 0.29) is 17.5 Å². The van der Waals surface area contributed by atoms with Gasteiger partial charge in [0.2, 0.25) is 0 Å². The van der Waals surface area contributed by atoms with Crippen LogP contribution in [-0.2, 0) is 0 Å². The van der Waals surface area contributed by atoms with Crippen molar-refractivity contribution in [2.75, 3.05) is 19.7 Å². The fraction of sp³-hybridized carbons (Fsp3) is 0.280. The van der Waals surface area contributed by atoms with E-state index in [4.69, 9.17) is 9.37 Å². The Bertz CT molecular complexity index is 1440. The molecule has 2 aromatic carbocycles. The van der Waals surface area contributed by atoms with E-state index in [1.807, 2.05) is 11.8 Å². The van der Waals surface area contributed by atoms with Gasteiger partial charge in [-0.25, -0.2) is 9.61 Å². The van der Waals surface area contributed by atoms with Gasteiger partial charge < -0.3 is 9.64 Å². The highest BCUT2D eigenvalue weighted by molar-refractivity contribution is 7.09. The molecule has 0 bridgehead atoms. The lowest BCUT2D eigenvalue weighted by atomic mass is 9.97. The number of piperidine rings is 1. The smallest absolute Gasteiger partial charge is 0.289 e. The van der Waals surface area contributed by atoms with Gasteiger partial charge in [0.05, 0.1) is 11.6 Å². The SMILES string of the molecule is CCOc1cccc(C(=O)NNC(=O)c2csc(C3CCN(C(=O)c4ccc5nonc5c4)CC3)n2)c1. The maximum absolute atomic E-state index is 12.9. The summed E-state index contributed by atoms with van der Waals surface area (Å²) in [5, 5.41) is 10.1. The van der Waals surface area contributed by atoms with Gasteiger partial charge in [0.25, 0.3) is 17.7 Å². The van der Waals surface area contributed by atoms with E-state index in [0.717, 1.165) is 17.8 Å². The number of likely N-dealkylation sites (tertiary alicyclic amines) is 1. The summed E-state index contributed by atoms with van der Waals surface area (Å²) in [6.45, 7) is 3.51. The van der Waals surface area contributed by atoms with Crippen LogP contribution in [0, 0.1) is 0 Å². The lowest BCUT2D eigenvalue weighted by Gasteiger charge is -2.31. The minimum Gasteiger partial charge on any atom is -0.494 e. The Morgan fingerprint density at radius 3 is 2.62 bits per heavy atom. The van der Waals surface area contributed by atoms with Crippen LogP contribution in [0.4, 0.5) is 0 Å². The van der Waals surface area contributed by atoms with E-state index >= 15 is 0 Å². The molecule has 3 heterocycles. The highest BCUT2D eigenvalue weighted by Crippen LogP contribution is 2.31. The quantitative estimate of drug-likeness (QED) is 0.370. The van der Waals surface area contributed by atoms with E-state index in [1.54, 1.807) is 47.8 Å². The molecule has 0 unspecified atom stereocenters. The molecule has 0 atom stereocenters. The van der Waals surface area contributed by atoms with E-state index < -0.39 is 11.8 Å². The fourth-order valence-electron chi connectivity index (χ4n) is 4.15. The molecule has 0 saturated carbocycles. The second-order valence-electron chi connectivity index (χ2n) is 8.47. The van der Waals surface area contributed by atoms with Crippen LogP contribution in [0.15, 0.2) is 52.5 Å². The Morgan fingerprint density at radius 2 is 1.81 bits per heavy atom. The van der Waals surface area contributed by atoms with Crippen molar-refractivity contribution in [3.63, 3.8) is 0 Å². The average Bonchev–Trinajstić information content (AvgIpc) is 3.61. The number of benzene rings is 2. The normalized spacial score (nSPS) is 13.9. The maximum atomic E-state index is 12.9. The molecule has 4 aromatic rings. The molecule has 190 valence electrons. The van der Waals surface area contributed by atoms with Crippen LogP contribution in [-0.4, -0.2) is 57.6 Å². The summed E-state index contributed by atoms with van der Waals surface area (Å²) in [6.07, 6.45) is 1.47. The van der Waals surface area contributed by atoms with E-state index in [2.05, 4.69) is 26.1 Å². The molecular formula is C25H24N6O5S. The summed E-state index contributed by atoms with van der Waals surface area (Å²) >= 11 is 1.40. The van der Waals surface area contributed by atoms with Crippen molar-refractivity contribution in [2.24, 2.45) is 0 Å². The molecular weight excluding hydrogens is 496 g/mol. The van der Waals surface area contributed by atoms with Gasteiger partial charge >= 0.3 is 0 Å². The van der Waals surface area contributed by atoms with Crippen LogP contribution in [0.1, 0.15) is 61.9 Å². The first kappa shape index (κ1) is 24.4. The topological polar surface area (TPSA) is 140 Å². The van der Waals surface area contributed by atoms with Gasteiger partial charge in [-0.2, -0.15) is 0 Å². The molecule has 2 N–H and O–H groups in total. The van der Waals surface area contributed by atoms with Crippen LogP contribution in [0.2, 0.25) is 0 Å². The van der Waals surface area contributed by atoms with Crippen LogP contribution >= 0.6 is 11.3 Å². The molecule has 1 aliphatic rings. The number of hydrazine groups is 1. The summed E-state index contributed by atoms with van der Waals surface area (Å²) in [7, 11) is 0. The van der Waals surface area contributed by atoms with Crippen molar-refractivity contribution >= 4 is 40.1 Å². The van der Waals surface area contributed by atoms with Crippen LogP contribution in [0.5, 0.6) is 5.75 Å². The van der Waals surface area contributed by atoms with Crippen molar-refractivity contribution in [3.8, 4) is 5.75 Å². The van der Waals surface area contributed by atoms with E-state index in [1.165, 1.54) is 11.3 Å². The number of carbonyl (C=O) groups is 3. The predicted octanol–water partition coefficient (Wildman–Crippen LogP) is 3.17. The van der Waals surface area contributed by atoms with Gasteiger partial charge in [0.1, 0.15) is 22.5 Å². The Balaban J connectivity index is 1.13. The summed E-state index contributed by atoms with van der Waals surface area (Å²) in [5.74, 6) is -0.297. The van der Waals surface area contributed by atoms with Crippen LogP contribution in [0.3, 0.4) is 0 Å². The molecule has 12 heteroatoms. The minimum absolute atomic E-state index is 0.0647. The lowest BCUT2D eigenvalue weighted by molar-refractivity contribution is 0.0713. The second kappa shape index (κ2) is 10.7. The first-order chi connectivity index (χ1) is 18.0. The maximum Gasteiger partial charge on any atom is 0.289 e. The Morgan fingerprint density at radius 1 is 1.03 bits per heavy atom. The van der Waals surface area contributed by atoms with Crippen molar-refractivity contribution in [2.45, 2.75) is 25.7 Å². The summed E-state index contributed by atoms with van der Waals surface area (Å²) in [4.78, 5) is 44.1. The Hall–Kier alpha value is -4.32. The van der Waals surface area contributed by atoms with Crippen molar-refractivity contribution in [3.05, 3.63) is 69.7 Å². The van der Waals surface area contributed by atoms with Gasteiger partial charge in [-0.1, -0.05) is 6.07 Å². The van der Waals surface area contributed by atoms with Crippen LogP contribution in [0.25, 0.3) is 11.0 Å². The van der Waals surface area contributed by atoms with E-state index in [0.29, 0.717) is 47.6 Å². The molecule has 37 heavy (non-hydrogen) atoms. The Kier molecular flexibility index (Phi) is 7.08. The van der Waals surface area contributed by atoms with Gasteiger partial charge in [-0.3, -0.25) is 25.2 Å². The molecule has 5 rings (SSSR count). The number of nitrogens with zero attached hydrogens (tertiary/aromatic N) is 4. The highest BCUT2D eigenvalue weighted by Gasteiger charge is 2.27. The number of rotatable bonds is 6. The molecule has 3 amide bonds. The van der Waals surface area contributed by atoms with Gasteiger partial charge in [-0.05, 0) is 66.5 Å². The third-order valence-electron chi connectivity index (χ3n) is 6.08. The van der Waals surface area contributed by atoms with E-state index in [9.17, 15) is 14.4 Å². The molecule has 1 saturated heterocycles. The number of ether oxygens (including phenoxy) is 1. The Labute approximate surface area is 215 Å². The molecule has 0 radical (unpaired) electrons. The molecule has 1 aliphatic heterocycles. The van der Waals surface area contributed by atoms with Gasteiger partial charge in [-0.15, -0.1) is 11.3 Å². The van der Waals surface area contributed by atoms with Gasteiger partial charge in [0.15, 0.2) is 0 Å². The number of carbonyl (C=O) groups excluding carboxylic acids is 3. The van der Waals surface area contributed by atoms with Crippen molar-refractivity contribution in [1.29, 1.82) is 0 Å². The van der Waals surface area contributed by atoms with Gasteiger partial charge in [0, 0.05) is 35.5 Å². The molecule has 0 spiro atoms. The first-order valence-corrected chi connectivity index (χ1v) is 12.7. The zero-order valence-corrected chi connectivity index (χ0v) is 20.8. The summed E-state index contributed by atoms with van der Waals surface area (Å²) in [5.41, 5.74) is 7.11.